The minimum Gasteiger partial charge on any atom is -0.508 e. The van der Waals surface area contributed by atoms with Gasteiger partial charge >= 0.3 is 0 Å². The zero-order valence-electron chi connectivity index (χ0n) is 50.0. The highest BCUT2D eigenvalue weighted by molar-refractivity contribution is 5.47. The highest BCUT2D eigenvalue weighted by Gasteiger charge is 2.46. The van der Waals surface area contributed by atoms with E-state index < -0.39 is 111 Å². The first-order chi connectivity index (χ1) is 43.0. The average Bonchev–Trinajstić information content (AvgIpc) is 3.76. The number of fused-ring (bicyclic) bond motifs is 3. The lowest BCUT2D eigenvalue weighted by Gasteiger charge is -2.40. The predicted octanol–water partition coefficient (Wildman–Crippen LogP) is 3.76. The number of phenols is 1. The number of ether oxygens (including phenoxy) is 7. The Kier molecular flexibility index (Phi) is 22.0. The van der Waals surface area contributed by atoms with Crippen molar-refractivity contribution in [2.45, 2.75) is 163 Å². The molecule has 6 aromatic rings. The third-order valence-corrected chi connectivity index (χ3v) is 17.6. The standard InChI is InChI=1S/C24H30O7.C23H28O6.C22H26O7/c1-2-29-19-8-6-16(24-23(28)22(27)21(26)20(13-25)31-24)12-17(19)11-14-5-7-18-15(10-14)4-3-9-30-18;1-13-4-6-16(23-22(27)21(26)20(25)19(12-24)29-23)11-17(13)10-14-5-7-18-15(9-14)3-2-8-28-18;23-11-18-19(25)20(26)21(27)22(29-18)14-4-5-16(24)15(10-14)9-12-3-6-17-13(8-12)2-1-7-28-17/h5-8,10,12,20-28H,2-4,9,11,13H2,1H3;4-7,9,11,19-27H,2-3,8,10,12H2,1H3;3-6,8,10,18-27H,1-2,7,9,11H2/t20-,21-,22+,23-,24+;19-,20-,21+,22-,23+;18-,19-,20+,21-,22+/m111/s1. The smallest absolute Gasteiger partial charge is 0.122 e. The van der Waals surface area contributed by atoms with Crippen molar-refractivity contribution in [3.8, 4) is 28.7 Å². The molecule has 13 N–H and O–H groups in total. The Morgan fingerprint density at radius 2 is 0.764 bits per heavy atom. The molecule has 6 aromatic carbocycles. The summed E-state index contributed by atoms with van der Waals surface area (Å²) in [6.45, 7) is 5.36. The molecule has 6 heterocycles. The zero-order valence-corrected chi connectivity index (χ0v) is 50.0. The van der Waals surface area contributed by atoms with Crippen LogP contribution >= 0.6 is 0 Å². The largest absolute Gasteiger partial charge is 0.508 e. The molecule has 6 aliphatic rings. The molecule has 89 heavy (non-hydrogen) atoms. The second-order valence-corrected chi connectivity index (χ2v) is 23.8. The Labute approximate surface area is 517 Å². The third-order valence-electron chi connectivity index (χ3n) is 17.6. The van der Waals surface area contributed by atoms with E-state index in [-0.39, 0.29) is 5.75 Å². The Bertz CT molecular complexity index is 3170. The molecule has 20 nitrogen and oxygen atoms in total. The van der Waals surface area contributed by atoms with E-state index in [4.69, 9.17) is 33.2 Å². The van der Waals surface area contributed by atoms with Gasteiger partial charge in [-0.2, -0.15) is 0 Å². The second kappa shape index (κ2) is 29.8. The molecule has 0 saturated carbocycles. The summed E-state index contributed by atoms with van der Waals surface area (Å²) in [5.41, 5.74) is 12.6. The SMILES string of the molecule is CCOc1ccc([C@@H]2O[C@H](CO)[C@@H](O)[C@H](O)[C@H]2O)cc1Cc1ccc2c(c1)CCCO2.Cc1ccc([C@@H]2O[C@H](CO)[C@@H](O)[C@H](O)[C@H]2O)cc1Cc1ccc2c(c1)CCCO2.OC[C@H]1O[C@@H](c2ccc(O)c(Cc3ccc4c(c3)CCCO4)c2)[C@H](O)[C@@H](O)[C@@H]1O. The van der Waals surface area contributed by atoms with Crippen molar-refractivity contribution in [1.29, 1.82) is 0 Å². The second-order valence-electron chi connectivity index (χ2n) is 23.8. The van der Waals surface area contributed by atoms with Gasteiger partial charge in [-0.3, -0.25) is 0 Å². The van der Waals surface area contributed by atoms with E-state index in [2.05, 4.69) is 24.3 Å². The van der Waals surface area contributed by atoms with Gasteiger partial charge in [0.05, 0.1) is 46.2 Å². The van der Waals surface area contributed by atoms with E-state index in [1.807, 2.05) is 74.5 Å². The summed E-state index contributed by atoms with van der Waals surface area (Å²) < 4.78 is 39.9. The summed E-state index contributed by atoms with van der Waals surface area (Å²) in [4.78, 5) is 0. The summed E-state index contributed by atoms with van der Waals surface area (Å²) >= 11 is 0. The van der Waals surface area contributed by atoms with Crippen molar-refractivity contribution >= 4 is 0 Å². The van der Waals surface area contributed by atoms with E-state index in [0.717, 1.165) is 121 Å². The number of aromatic hydroxyl groups is 1. The lowest BCUT2D eigenvalue weighted by molar-refractivity contribution is -0.231. The van der Waals surface area contributed by atoms with Crippen LogP contribution in [0.5, 0.6) is 28.7 Å². The van der Waals surface area contributed by atoms with E-state index in [1.54, 1.807) is 18.2 Å². The first-order valence-electron chi connectivity index (χ1n) is 30.8. The van der Waals surface area contributed by atoms with Crippen molar-refractivity contribution in [3.05, 3.63) is 182 Å². The zero-order chi connectivity index (χ0) is 63.0. The molecule has 20 heteroatoms. The Morgan fingerprint density at radius 3 is 1.17 bits per heavy atom. The molecule has 0 aliphatic carbocycles. The minimum absolute atomic E-state index is 0.118. The van der Waals surface area contributed by atoms with Gasteiger partial charge in [0.1, 0.15) is 120 Å². The molecule has 6 aliphatic heterocycles. The maximum Gasteiger partial charge on any atom is 0.122 e. The van der Waals surface area contributed by atoms with Crippen LogP contribution in [0, 0.1) is 6.92 Å². The fraction of sp³-hybridized carbons (Fsp3) is 0.478. The normalized spacial score (nSPS) is 28.8. The van der Waals surface area contributed by atoms with Gasteiger partial charge in [0.25, 0.3) is 0 Å². The maximum absolute atomic E-state index is 10.5. The number of benzene rings is 6. The van der Waals surface area contributed by atoms with Crippen molar-refractivity contribution in [3.63, 3.8) is 0 Å². The van der Waals surface area contributed by atoms with Gasteiger partial charge in [0.2, 0.25) is 0 Å². The number of aryl methyl sites for hydroxylation is 4. The quantitative estimate of drug-likeness (QED) is 0.0738. The van der Waals surface area contributed by atoms with Gasteiger partial charge in [-0.1, -0.05) is 66.7 Å². The summed E-state index contributed by atoms with van der Waals surface area (Å²) in [6.07, 6.45) is -9.95. The fourth-order valence-corrected chi connectivity index (χ4v) is 12.6. The van der Waals surface area contributed by atoms with Gasteiger partial charge in [-0.25, -0.2) is 0 Å². The van der Waals surface area contributed by atoms with Crippen LogP contribution in [0.3, 0.4) is 0 Å². The monoisotopic (exact) mass is 1230 g/mol. The first-order valence-corrected chi connectivity index (χ1v) is 30.8. The lowest BCUT2D eigenvalue weighted by atomic mass is 9.89. The van der Waals surface area contributed by atoms with Gasteiger partial charge < -0.3 is 99.5 Å². The molecule has 3 saturated heterocycles. The highest BCUT2D eigenvalue weighted by atomic mass is 16.6. The van der Waals surface area contributed by atoms with E-state index in [9.17, 15) is 66.4 Å². The molecule has 0 radical (unpaired) electrons. The third kappa shape index (κ3) is 15.1. The number of aliphatic hydroxyl groups is 12. The van der Waals surface area contributed by atoms with Crippen LogP contribution in [0.4, 0.5) is 0 Å². The topological polar surface area (TPSA) is 328 Å². The fourth-order valence-electron chi connectivity index (χ4n) is 12.6. The molecule has 0 unspecified atom stereocenters. The number of phenolic OH excluding ortho intramolecular Hbond substituents is 1. The van der Waals surface area contributed by atoms with E-state index in [0.29, 0.717) is 41.7 Å². The van der Waals surface area contributed by atoms with Gasteiger partial charge in [0.15, 0.2) is 0 Å². The van der Waals surface area contributed by atoms with Gasteiger partial charge in [0, 0.05) is 12.8 Å². The number of rotatable bonds is 14. The Hall–Kier alpha value is -6.28. The van der Waals surface area contributed by atoms with Crippen molar-refractivity contribution in [2.24, 2.45) is 0 Å². The average molecular weight is 1230 g/mol. The van der Waals surface area contributed by atoms with Gasteiger partial charge in [-0.05, 0) is 174 Å². The minimum atomic E-state index is -1.44. The van der Waals surface area contributed by atoms with Crippen molar-refractivity contribution in [1.82, 2.24) is 0 Å². The number of hydrogen-bond donors (Lipinski definition) is 13. The predicted molar refractivity (Wildman–Crippen MR) is 324 cm³/mol. The lowest BCUT2D eigenvalue weighted by Crippen LogP contribution is -2.55. The van der Waals surface area contributed by atoms with E-state index in [1.165, 1.54) is 22.8 Å². The summed E-state index contributed by atoms with van der Waals surface area (Å²) in [7, 11) is 0. The van der Waals surface area contributed by atoms with Crippen LogP contribution < -0.4 is 18.9 Å². The molecule has 12 rings (SSSR count). The van der Waals surface area contributed by atoms with Crippen LogP contribution in [-0.4, -0.2) is 186 Å². The van der Waals surface area contributed by atoms with Crippen LogP contribution in [0.25, 0.3) is 0 Å². The summed E-state index contributed by atoms with van der Waals surface area (Å²) in [5.74, 6) is 3.67. The molecular weight excluding hydrogens is 1150 g/mol. The Balaban J connectivity index is 0.000000147. The Morgan fingerprint density at radius 1 is 0.404 bits per heavy atom. The van der Waals surface area contributed by atoms with E-state index >= 15 is 0 Å². The summed E-state index contributed by atoms with van der Waals surface area (Å²) in [5, 5.41) is 130. The number of aliphatic hydroxyl groups excluding tert-OH is 12. The van der Waals surface area contributed by atoms with Crippen LogP contribution in [0.15, 0.2) is 109 Å². The van der Waals surface area contributed by atoms with Crippen LogP contribution in [0.2, 0.25) is 0 Å². The van der Waals surface area contributed by atoms with Crippen molar-refractivity contribution < 1.29 is 99.5 Å². The molecule has 3 fully saturated rings. The maximum atomic E-state index is 10.5. The molecule has 0 bridgehead atoms. The molecular formula is C69H84O20. The molecule has 15 atom stereocenters. The first kappa shape index (κ1) is 65.7. The summed E-state index contributed by atoms with van der Waals surface area (Å²) in [6, 6.07) is 34.6. The molecule has 0 aromatic heterocycles. The number of hydrogen-bond acceptors (Lipinski definition) is 20. The molecule has 0 amide bonds. The highest BCUT2D eigenvalue weighted by Crippen LogP contribution is 2.39. The molecule has 480 valence electrons. The van der Waals surface area contributed by atoms with Crippen molar-refractivity contribution in [2.75, 3.05) is 46.2 Å². The van der Waals surface area contributed by atoms with Gasteiger partial charge in [-0.15, -0.1) is 0 Å². The van der Waals surface area contributed by atoms with Crippen LogP contribution in [0.1, 0.15) is 117 Å². The molecule has 0 spiro atoms. The van der Waals surface area contributed by atoms with Crippen LogP contribution in [-0.2, 0) is 52.7 Å².